The Morgan fingerprint density at radius 3 is 2.83 bits per heavy atom. The van der Waals surface area contributed by atoms with E-state index in [1.807, 2.05) is 0 Å². The van der Waals surface area contributed by atoms with Gasteiger partial charge < -0.3 is 5.32 Å². The molecule has 4 rings (SSSR count). The summed E-state index contributed by atoms with van der Waals surface area (Å²) in [5, 5.41) is 3.65. The zero-order valence-corrected chi connectivity index (χ0v) is 16.1. The smallest absolute Gasteiger partial charge is 0.0303 e. The Kier molecular flexibility index (Phi) is 4.62. The summed E-state index contributed by atoms with van der Waals surface area (Å²) in [6.45, 7) is 4.47. The van der Waals surface area contributed by atoms with Gasteiger partial charge in [0.1, 0.15) is 0 Å². The van der Waals surface area contributed by atoms with E-state index in [1.54, 1.807) is 20.9 Å². The molecule has 0 bridgehead atoms. The van der Waals surface area contributed by atoms with Crippen LogP contribution >= 0.6 is 27.3 Å². The number of hydrogen-bond acceptors (Lipinski definition) is 2. The normalized spacial score (nSPS) is 23.4. The van der Waals surface area contributed by atoms with Gasteiger partial charge in [-0.1, -0.05) is 47.8 Å². The lowest BCUT2D eigenvalue weighted by Gasteiger charge is -2.28. The molecule has 3 heteroatoms. The van der Waals surface area contributed by atoms with Crippen molar-refractivity contribution >= 4 is 27.3 Å². The van der Waals surface area contributed by atoms with Crippen LogP contribution < -0.4 is 5.32 Å². The predicted octanol–water partition coefficient (Wildman–Crippen LogP) is 5.65. The summed E-state index contributed by atoms with van der Waals surface area (Å²) in [7, 11) is 0. The lowest BCUT2D eigenvalue weighted by Crippen LogP contribution is -2.28. The monoisotopic (exact) mass is 389 g/mol. The maximum atomic E-state index is 3.65. The van der Waals surface area contributed by atoms with Gasteiger partial charge in [0, 0.05) is 33.2 Å². The molecule has 0 radical (unpaired) electrons. The zero-order valence-electron chi connectivity index (χ0n) is 13.7. The fraction of sp³-hybridized carbons (Fsp3) is 0.500. The Morgan fingerprint density at radius 2 is 2.04 bits per heavy atom. The standard InChI is InChI=1S/C20H24BrNS/c1-2-3-13-4-9-18-16(10-13)20-17(11-22-12-19(20)23-18)14-5-7-15(21)8-6-14/h5-8,13,17,22H,2-4,9-12H2,1H3. The van der Waals surface area contributed by atoms with Crippen LogP contribution in [0.5, 0.6) is 0 Å². The van der Waals surface area contributed by atoms with Crippen molar-refractivity contribution in [3.63, 3.8) is 0 Å². The second kappa shape index (κ2) is 6.70. The van der Waals surface area contributed by atoms with E-state index in [9.17, 15) is 0 Å². The van der Waals surface area contributed by atoms with E-state index in [0.29, 0.717) is 5.92 Å². The van der Waals surface area contributed by atoms with Crippen LogP contribution in [-0.2, 0) is 19.4 Å². The number of fused-ring (bicyclic) bond motifs is 3. The van der Waals surface area contributed by atoms with Crippen molar-refractivity contribution in [2.75, 3.05) is 6.54 Å². The Bertz CT molecular complexity index is 688. The SMILES string of the molecule is CCCC1CCc2sc3c(c2C1)C(c1ccc(Br)cc1)CNC3. The molecule has 0 saturated carbocycles. The molecule has 1 aliphatic carbocycles. The Labute approximate surface area is 151 Å². The van der Waals surface area contributed by atoms with Gasteiger partial charge in [0.25, 0.3) is 0 Å². The predicted molar refractivity (Wildman–Crippen MR) is 102 cm³/mol. The van der Waals surface area contributed by atoms with Gasteiger partial charge in [0.2, 0.25) is 0 Å². The average molecular weight is 390 g/mol. The van der Waals surface area contributed by atoms with Gasteiger partial charge in [-0.2, -0.15) is 0 Å². The maximum Gasteiger partial charge on any atom is 0.0303 e. The van der Waals surface area contributed by atoms with Crippen LogP contribution in [0.2, 0.25) is 0 Å². The molecule has 23 heavy (non-hydrogen) atoms. The highest BCUT2D eigenvalue weighted by Gasteiger charge is 2.31. The first-order chi connectivity index (χ1) is 11.3. The van der Waals surface area contributed by atoms with E-state index >= 15 is 0 Å². The molecule has 122 valence electrons. The summed E-state index contributed by atoms with van der Waals surface area (Å²) < 4.78 is 1.17. The molecule has 2 aromatic rings. The second-order valence-electron chi connectivity index (χ2n) is 6.97. The van der Waals surface area contributed by atoms with Crippen LogP contribution in [0.25, 0.3) is 0 Å². The molecule has 0 saturated heterocycles. The third-order valence-electron chi connectivity index (χ3n) is 5.43. The van der Waals surface area contributed by atoms with Gasteiger partial charge in [-0.3, -0.25) is 0 Å². The average Bonchev–Trinajstić information content (AvgIpc) is 2.94. The second-order valence-corrected chi connectivity index (χ2v) is 9.08. The van der Waals surface area contributed by atoms with Crippen LogP contribution in [0.4, 0.5) is 0 Å². The largest absolute Gasteiger partial charge is 0.311 e. The molecule has 2 heterocycles. The van der Waals surface area contributed by atoms with Gasteiger partial charge >= 0.3 is 0 Å². The number of nitrogens with one attached hydrogen (secondary N) is 1. The van der Waals surface area contributed by atoms with Crippen molar-refractivity contribution in [1.29, 1.82) is 0 Å². The Morgan fingerprint density at radius 1 is 1.22 bits per heavy atom. The highest BCUT2D eigenvalue weighted by atomic mass is 79.9. The number of thiophene rings is 1. The van der Waals surface area contributed by atoms with Gasteiger partial charge in [-0.05, 0) is 54.0 Å². The highest BCUT2D eigenvalue weighted by Crippen LogP contribution is 2.44. The molecular weight excluding hydrogens is 366 g/mol. The topological polar surface area (TPSA) is 12.0 Å². The molecule has 1 aromatic heterocycles. The molecule has 2 atom stereocenters. The maximum absolute atomic E-state index is 3.65. The summed E-state index contributed by atoms with van der Waals surface area (Å²) in [5.74, 6) is 1.44. The Balaban J connectivity index is 1.72. The van der Waals surface area contributed by atoms with Gasteiger partial charge in [0.05, 0.1) is 0 Å². The first-order valence-electron chi connectivity index (χ1n) is 8.85. The Hall–Kier alpha value is -0.640. The van der Waals surface area contributed by atoms with Crippen LogP contribution in [-0.4, -0.2) is 6.54 Å². The molecule has 1 aromatic carbocycles. The molecule has 0 spiro atoms. The number of halogens is 1. The minimum atomic E-state index is 0.534. The third kappa shape index (κ3) is 3.04. The summed E-state index contributed by atoms with van der Waals surface area (Å²) in [6, 6.07) is 8.95. The van der Waals surface area contributed by atoms with Crippen LogP contribution in [0.1, 0.15) is 58.5 Å². The molecule has 2 aliphatic rings. The molecule has 2 unspecified atom stereocenters. The first kappa shape index (κ1) is 15.9. The van der Waals surface area contributed by atoms with Crippen LogP contribution in [0.3, 0.4) is 0 Å². The van der Waals surface area contributed by atoms with Gasteiger partial charge in [-0.15, -0.1) is 11.3 Å². The quantitative estimate of drug-likeness (QED) is 0.714. The van der Waals surface area contributed by atoms with Crippen molar-refractivity contribution in [2.24, 2.45) is 5.92 Å². The van der Waals surface area contributed by atoms with E-state index < -0.39 is 0 Å². The van der Waals surface area contributed by atoms with Crippen molar-refractivity contribution < 1.29 is 0 Å². The van der Waals surface area contributed by atoms with E-state index in [2.05, 4.69) is 63.8 Å². The lowest BCUT2D eigenvalue weighted by atomic mass is 9.79. The van der Waals surface area contributed by atoms with Crippen molar-refractivity contribution in [2.45, 2.75) is 51.5 Å². The minimum Gasteiger partial charge on any atom is -0.311 e. The number of aryl methyl sites for hydroxylation is 1. The van der Waals surface area contributed by atoms with E-state index in [4.69, 9.17) is 0 Å². The van der Waals surface area contributed by atoms with Gasteiger partial charge in [-0.25, -0.2) is 0 Å². The molecule has 0 fully saturated rings. The van der Waals surface area contributed by atoms with Crippen molar-refractivity contribution in [3.8, 4) is 0 Å². The summed E-state index contributed by atoms with van der Waals surface area (Å²) in [4.78, 5) is 3.29. The zero-order chi connectivity index (χ0) is 15.8. The molecular formula is C20H24BrNS. The first-order valence-corrected chi connectivity index (χ1v) is 10.5. The number of benzene rings is 1. The van der Waals surface area contributed by atoms with Gasteiger partial charge in [0.15, 0.2) is 0 Å². The third-order valence-corrected chi connectivity index (χ3v) is 7.27. The van der Waals surface area contributed by atoms with Crippen molar-refractivity contribution in [3.05, 3.63) is 55.2 Å². The fourth-order valence-corrected chi connectivity index (χ4v) is 5.99. The van der Waals surface area contributed by atoms with Crippen molar-refractivity contribution in [1.82, 2.24) is 5.32 Å². The van der Waals surface area contributed by atoms with Crippen LogP contribution in [0.15, 0.2) is 28.7 Å². The summed E-state index contributed by atoms with van der Waals surface area (Å²) >= 11 is 5.65. The van der Waals surface area contributed by atoms with E-state index in [1.165, 1.54) is 42.1 Å². The summed E-state index contributed by atoms with van der Waals surface area (Å²) in [6.07, 6.45) is 6.75. The number of hydrogen-bond donors (Lipinski definition) is 1. The number of rotatable bonds is 3. The molecule has 1 N–H and O–H groups in total. The highest BCUT2D eigenvalue weighted by molar-refractivity contribution is 9.10. The fourth-order valence-electron chi connectivity index (χ4n) is 4.34. The molecule has 1 aliphatic heterocycles. The molecule has 1 nitrogen and oxygen atoms in total. The van der Waals surface area contributed by atoms with Crippen LogP contribution in [0, 0.1) is 5.92 Å². The minimum absolute atomic E-state index is 0.534. The lowest BCUT2D eigenvalue weighted by molar-refractivity contribution is 0.422. The summed E-state index contributed by atoms with van der Waals surface area (Å²) in [5.41, 5.74) is 4.87. The van der Waals surface area contributed by atoms with E-state index in [-0.39, 0.29) is 0 Å². The van der Waals surface area contributed by atoms with E-state index in [0.717, 1.165) is 19.0 Å². The molecule has 0 amide bonds.